The lowest BCUT2D eigenvalue weighted by Gasteiger charge is -2.11. The summed E-state index contributed by atoms with van der Waals surface area (Å²) in [5, 5.41) is 5.72. The van der Waals surface area contributed by atoms with Gasteiger partial charge in [-0.2, -0.15) is 5.10 Å². The van der Waals surface area contributed by atoms with E-state index in [9.17, 15) is 9.18 Å². The lowest BCUT2D eigenvalue weighted by Crippen LogP contribution is -2.05. The number of hydrogen-bond acceptors (Lipinski definition) is 4. The first-order valence-electron chi connectivity index (χ1n) is 8.13. The van der Waals surface area contributed by atoms with Crippen LogP contribution in [0.15, 0.2) is 48.8 Å². The molecule has 0 unspecified atom stereocenters. The number of esters is 1. The van der Waals surface area contributed by atoms with Crippen LogP contribution in [-0.4, -0.2) is 27.8 Å². The van der Waals surface area contributed by atoms with Crippen LogP contribution in [0.1, 0.15) is 5.56 Å². The number of carbonyl (C=O) groups is 1. The molecule has 0 fully saturated rings. The van der Waals surface area contributed by atoms with Crippen LogP contribution in [0, 0.1) is 5.82 Å². The minimum atomic E-state index is -0.335. The molecule has 2 aromatic carbocycles. The molecule has 2 heterocycles. The minimum Gasteiger partial charge on any atom is -0.469 e. The van der Waals surface area contributed by atoms with E-state index < -0.39 is 0 Å². The number of nitrogens with zero attached hydrogens (tertiary/aromatic N) is 3. The number of aromatic nitrogens is 3. The van der Waals surface area contributed by atoms with E-state index in [2.05, 4.69) is 10.1 Å². The van der Waals surface area contributed by atoms with E-state index in [4.69, 9.17) is 4.74 Å². The highest BCUT2D eigenvalue weighted by Crippen LogP contribution is 2.33. The number of pyridine rings is 1. The van der Waals surface area contributed by atoms with Crippen LogP contribution in [0.25, 0.3) is 32.9 Å². The van der Waals surface area contributed by atoms with Crippen molar-refractivity contribution in [3.8, 4) is 11.1 Å². The predicted octanol–water partition coefficient (Wildman–Crippen LogP) is 3.64. The number of aryl methyl sites for hydroxylation is 1. The molecule has 6 heteroatoms. The summed E-state index contributed by atoms with van der Waals surface area (Å²) in [7, 11) is 3.18. The second kappa shape index (κ2) is 6.22. The monoisotopic (exact) mass is 349 g/mol. The Morgan fingerprint density at radius 2 is 2.08 bits per heavy atom. The van der Waals surface area contributed by atoms with Gasteiger partial charge in [-0.25, -0.2) is 4.39 Å². The minimum absolute atomic E-state index is 0.141. The van der Waals surface area contributed by atoms with Gasteiger partial charge in [0.1, 0.15) is 5.82 Å². The molecular weight excluding hydrogens is 333 g/mol. The van der Waals surface area contributed by atoms with Crippen molar-refractivity contribution >= 4 is 27.8 Å². The molecule has 0 bridgehead atoms. The largest absolute Gasteiger partial charge is 0.469 e. The van der Waals surface area contributed by atoms with Crippen molar-refractivity contribution in [1.82, 2.24) is 14.8 Å². The highest BCUT2D eigenvalue weighted by atomic mass is 19.1. The first-order chi connectivity index (χ1) is 12.6. The second-order valence-electron chi connectivity index (χ2n) is 6.08. The van der Waals surface area contributed by atoms with Gasteiger partial charge in [0.05, 0.1) is 30.8 Å². The van der Waals surface area contributed by atoms with Crippen molar-refractivity contribution in [2.75, 3.05) is 7.11 Å². The fraction of sp³-hybridized carbons (Fsp3) is 0.150. The predicted molar refractivity (Wildman–Crippen MR) is 97.1 cm³/mol. The summed E-state index contributed by atoms with van der Waals surface area (Å²) in [5.74, 6) is -0.663. The number of hydrogen-bond donors (Lipinski definition) is 0. The summed E-state index contributed by atoms with van der Waals surface area (Å²) in [6.45, 7) is 0. The molecule has 5 nitrogen and oxygen atoms in total. The third kappa shape index (κ3) is 2.60. The van der Waals surface area contributed by atoms with Crippen LogP contribution in [0.3, 0.4) is 0 Å². The Morgan fingerprint density at radius 3 is 2.88 bits per heavy atom. The Morgan fingerprint density at radius 1 is 1.23 bits per heavy atom. The Hall–Kier alpha value is -3.28. The molecule has 0 aliphatic carbocycles. The summed E-state index contributed by atoms with van der Waals surface area (Å²) in [6, 6.07) is 10.6. The van der Waals surface area contributed by atoms with Crippen LogP contribution in [0.2, 0.25) is 0 Å². The van der Waals surface area contributed by atoms with Crippen molar-refractivity contribution < 1.29 is 13.9 Å². The van der Waals surface area contributed by atoms with E-state index in [1.807, 2.05) is 25.2 Å². The van der Waals surface area contributed by atoms with E-state index in [-0.39, 0.29) is 18.2 Å². The fourth-order valence-electron chi connectivity index (χ4n) is 3.21. The molecule has 4 aromatic rings. The van der Waals surface area contributed by atoms with Crippen LogP contribution >= 0.6 is 0 Å². The topological polar surface area (TPSA) is 57.0 Å². The normalized spacial score (nSPS) is 11.2. The molecule has 26 heavy (non-hydrogen) atoms. The molecule has 0 saturated carbocycles. The number of fused-ring (bicyclic) bond motifs is 2. The van der Waals surface area contributed by atoms with Gasteiger partial charge in [-0.05, 0) is 23.8 Å². The Balaban J connectivity index is 1.95. The molecule has 2 aromatic heterocycles. The van der Waals surface area contributed by atoms with Gasteiger partial charge >= 0.3 is 5.97 Å². The molecule has 0 aliphatic heterocycles. The van der Waals surface area contributed by atoms with Crippen molar-refractivity contribution in [3.63, 3.8) is 0 Å². The third-order valence-electron chi connectivity index (χ3n) is 4.55. The molecule has 0 spiro atoms. The second-order valence-corrected chi connectivity index (χ2v) is 6.08. The van der Waals surface area contributed by atoms with E-state index >= 15 is 0 Å². The Kier molecular flexibility index (Phi) is 3.88. The molecule has 4 rings (SSSR count). The maximum atomic E-state index is 14.8. The van der Waals surface area contributed by atoms with Crippen LogP contribution in [-0.2, 0) is 23.0 Å². The average Bonchev–Trinajstić information content (AvgIpc) is 3.00. The summed E-state index contributed by atoms with van der Waals surface area (Å²) >= 11 is 0. The lowest BCUT2D eigenvalue weighted by atomic mass is 9.97. The smallest absolute Gasteiger partial charge is 0.310 e. The van der Waals surface area contributed by atoms with Gasteiger partial charge in [-0.3, -0.25) is 14.5 Å². The Labute approximate surface area is 149 Å². The van der Waals surface area contributed by atoms with E-state index in [0.717, 1.165) is 21.9 Å². The first kappa shape index (κ1) is 16.2. The first-order valence-corrected chi connectivity index (χ1v) is 8.13. The van der Waals surface area contributed by atoms with Crippen LogP contribution in [0.5, 0.6) is 0 Å². The number of rotatable bonds is 3. The van der Waals surface area contributed by atoms with Gasteiger partial charge in [0.15, 0.2) is 0 Å². The number of halogens is 1. The molecule has 0 aliphatic rings. The Bertz CT molecular complexity index is 1150. The van der Waals surface area contributed by atoms with Crippen LogP contribution in [0.4, 0.5) is 4.39 Å². The molecular formula is C20H16FN3O2. The number of ether oxygens (including phenoxy) is 1. The zero-order valence-corrected chi connectivity index (χ0v) is 14.4. The van der Waals surface area contributed by atoms with Gasteiger partial charge in [-0.15, -0.1) is 0 Å². The summed E-state index contributed by atoms with van der Waals surface area (Å²) in [5.41, 5.74) is 3.41. The van der Waals surface area contributed by atoms with Crippen molar-refractivity contribution in [2.24, 2.45) is 7.05 Å². The average molecular weight is 349 g/mol. The highest BCUT2D eigenvalue weighted by Gasteiger charge is 2.15. The number of benzene rings is 2. The van der Waals surface area contributed by atoms with Crippen molar-refractivity contribution in [3.05, 3.63) is 60.2 Å². The number of methoxy groups -OCH3 is 1. The number of para-hydroxylation sites is 1. The van der Waals surface area contributed by atoms with E-state index in [0.29, 0.717) is 16.6 Å². The van der Waals surface area contributed by atoms with Crippen molar-refractivity contribution in [2.45, 2.75) is 6.42 Å². The third-order valence-corrected chi connectivity index (χ3v) is 4.55. The van der Waals surface area contributed by atoms with Crippen LogP contribution < -0.4 is 0 Å². The summed E-state index contributed by atoms with van der Waals surface area (Å²) < 4.78 is 21.2. The molecule has 0 saturated heterocycles. The molecule has 0 amide bonds. The molecule has 0 N–H and O–H groups in total. The van der Waals surface area contributed by atoms with Gasteiger partial charge in [0.25, 0.3) is 0 Å². The number of carbonyl (C=O) groups excluding carboxylic acids is 1. The van der Waals surface area contributed by atoms with Gasteiger partial charge in [0, 0.05) is 35.1 Å². The summed E-state index contributed by atoms with van der Waals surface area (Å²) in [4.78, 5) is 16.1. The maximum absolute atomic E-state index is 14.8. The standard InChI is InChI=1S/C20H16FN3O2/c1-24-18-10-16(17(21)8-13(18)11-23-24)15-5-3-4-14-12(9-19(25)26-2)6-7-22-20(14)15/h3-8,10-11H,9H2,1-2H3. The molecule has 0 radical (unpaired) electrons. The van der Waals surface area contributed by atoms with Gasteiger partial charge in [-0.1, -0.05) is 18.2 Å². The molecule has 130 valence electrons. The van der Waals surface area contributed by atoms with Crippen molar-refractivity contribution in [1.29, 1.82) is 0 Å². The fourth-order valence-corrected chi connectivity index (χ4v) is 3.21. The zero-order chi connectivity index (χ0) is 18.3. The van der Waals surface area contributed by atoms with E-state index in [1.54, 1.807) is 29.2 Å². The van der Waals surface area contributed by atoms with E-state index in [1.165, 1.54) is 13.2 Å². The zero-order valence-electron chi connectivity index (χ0n) is 14.4. The van der Waals surface area contributed by atoms with Gasteiger partial charge in [0.2, 0.25) is 0 Å². The quantitative estimate of drug-likeness (QED) is 0.530. The highest BCUT2D eigenvalue weighted by molar-refractivity contribution is 5.98. The summed E-state index contributed by atoms with van der Waals surface area (Å²) in [6.07, 6.45) is 3.41. The van der Waals surface area contributed by atoms with Gasteiger partial charge < -0.3 is 4.74 Å². The molecule has 0 atom stereocenters. The maximum Gasteiger partial charge on any atom is 0.310 e. The lowest BCUT2D eigenvalue weighted by molar-refractivity contribution is -0.139. The SMILES string of the molecule is COC(=O)Cc1ccnc2c(-c3cc4c(cnn4C)cc3F)cccc12.